The number of nitrogens with zero attached hydrogens (tertiary/aromatic N) is 2. The summed E-state index contributed by atoms with van der Waals surface area (Å²) in [6, 6.07) is 0. The summed E-state index contributed by atoms with van der Waals surface area (Å²) in [6.07, 6.45) is 6.13. The Bertz CT molecular complexity index is 359. The number of nitrogens with two attached hydrogens (primary N) is 1. The summed E-state index contributed by atoms with van der Waals surface area (Å²) < 4.78 is 0. The zero-order valence-corrected chi connectivity index (χ0v) is 12.8. The van der Waals surface area contributed by atoms with E-state index in [2.05, 4.69) is 16.7 Å². The maximum absolute atomic E-state index is 11.2. The fourth-order valence-corrected chi connectivity index (χ4v) is 3.88. The highest BCUT2D eigenvalue weighted by Gasteiger charge is 2.40. The lowest BCUT2D eigenvalue weighted by molar-refractivity contribution is -0.123. The topological polar surface area (TPSA) is 49.6 Å². The number of likely N-dealkylation sites (tertiary alicyclic amines) is 2. The number of amides is 1. The molecule has 0 radical (unpaired) electrons. The Morgan fingerprint density at radius 3 is 2.40 bits per heavy atom. The molecule has 1 amide bonds. The molecule has 4 nitrogen and oxygen atoms in total. The van der Waals surface area contributed by atoms with Crippen molar-refractivity contribution < 1.29 is 4.79 Å². The maximum Gasteiger partial charge on any atom is 0.220 e. The van der Waals surface area contributed by atoms with Crippen LogP contribution in [0.1, 0.15) is 39.0 Å². The zero-order valence-electron chi connectivity index (χ0n) is 12.8. The standard InChI is InChI=1S/C16H29N3O/c1-16(5-6-16)12-19-7-2-13(11-19)10-18-8-3-14(4-9-18)15(17)20/h13-14H,2-12H2,1H3,(H2,17,20). The molecule has 4 heteroatoms. The Kier molecular flexibility index (Phi) is 4.04. The molecule has 2 heterocycles. The van der Waals surface area contributed by atoms with Crippen LogP contribution in [0.2, 0.25) is 0 Å². The third kappa shape index (κ3) is 3.53. The van der Waals surface area contributed by atoms with E-state index >= 15 is 0 Å². The van der Waals surface area contributed by atoms with Crippen LogP contribution in [-0.4, -0.2) is 55.0 Å². The average molecular weight is 279 g/mol. The SMILES string of the molecule is CC1(CN2CCC(CN3CCC(C(N)=O)CC3)C2)CC1. The normalized spacial score (nSPS) is 31.6. The van der Waals surface area contributed by atoms with Crippen molar-refractivity contribution in [2.24, 2.45) is 23.0 Å². The summed E-state index contributed by atoms with van der Waals surface area (Å²) in [5.74, 6) is 0.859. The molecule has 1 saturated carbocycles. The van der Waals surface area contributed by atoms with Crippen molar-refractivity contribution in [3.63, 3.8) is 0 Å². The molecule has 0 aromatic carbocycles. The molecule has 1 atom stereocenters. The molecule has 2 saturated heterocycles. The molecule has 2 aliphatic heterocycles. The average Bonchev–Trinajstić information content (AvgIpc) is 2.97. The van der Waals surface area contributed by atoms with E-state index in [1.54, 1.807) is 0 Å². The van der Waals surface area contributed by atoms with Crippen molar-refractivity contribution in [1.29, 1.82) is 0 Å². The number of hydrogen-bond donors (Lipinski definition) is 1. The molecule has 0 aromatic heterocycles. The molecule has 20 heavy (non-hydrogen) atoms. The van der Waals surface area contributed by atoms with Crippen LogP contribution in [0.4, 0.5) is 0 Å². The summed E-state index contributed by atoms with van der Waals surface area (Å²) in [6.45, 7) is 9.65. The third-order valence-corrected chi connectivity index (χ3v) is 5.59. The first-order chi connectivity index (χ1) is 9.54. The summed E-state index contributed by atoms with van der Waals surface area (Å²) in [5.41, 5.74) is 6.04. The summed E-state index contributed by atoms with van der Waals surface area (Å²) in [4.78, 5) is 16.4. The number of primary amides is 1. The Hall–Kier alpha value is -0.610. The summed E-state index contributed by atoms with van der Waals surface area (Å²) in [5, 5.41) is 0. The molecule has 0 aromatic rings. The van der Waals surface area contributed by atoms with Crippen LogP contribution in [0.15, 0.2) is 0 Å². The van der Waals surface area contributed by atoms with Crippen LogP contribution in [0.3, 0.4) is 0 Å². The zero-order chi connectivity index (χ0) is 14.2. The fraction of sp³-hybridized carbons (Fsp3) is 0.938. The van der Waals surface area contributed by atoms with Gasteiger partial charge in [-0.25, -0.2) is 0 Å². The monoisotopic (exact) mass is 279 g/mol. The number of piperidine rings is 1. The molecule has 0 bridgehead atoms. The molecule has 3 rings (SSSR count). The lowest BCUT2D eigenvalue weighted by atomic mass is 9.95. The third-order valence-electron chi connectivity index (χ3n) is 5.59. The van der Waals surface area contributed by atoms with Crippen LogP contribution in [-0.2, 0) is 4.79 Å². The first kappa shape index (κ1) is 14.3. The summed E-state index contributed by atoms with van der Waals surface area (Å²) >= 11 is 0. The highest BCUT2D eigenvalue weighted by atomic mass is 16.1. The van der Waals surface area contributed by atoms with Crippen LogP contribution < -0.4 is 5.73 Å². The minimum Gasteiger partial charge on any atom is -0.369 e. The van der Waals surface area contributed by atoms with Gasteiger partial charge in [0.1, 0.15) is 0 Å². The van der Waals surface area contributed by atoms with Gasteiger partial charge in [0.2, 0.25) is 5.91 Å². The highest BCUT2D eigenvalue weighted by molar-refractivity contribution is 5.76. The van der Waals surface area contributed by atoms with E-state index in [4.69, 9.17) is 5.73 Å². The van der Waals surface area contributed by atoms with Crippen LogP contribution in [0, 0.1) is 17.3 Å². The van der Waals surface area contributed by atoms with Crippen LogP contribution >= 0.6 is 0 Å². The molecule has 1 aliphatic carbocycles. The van der Waals surface area contributed by atoms with Crippen molar-refractivity contribution in [3.8, 4) is 0 Å². The Morgan fingerprint density at radius 2 is 1.80 bits per heavy atom. The molecule has 3 fully saturated rings. The van der Waals surface area contributed by atoms with Crippen LogP contribution in [0.5, 0.6) is 0 Å². The molecule has 114 valence electrons. The molecule has 1 unspecified atom stereocenters. The highest BCUT2D eigenvalue weighted by Crippen LogP contribution is 2.46. The van der Waals surface area contributed by atoms with Crippen molar-refractivity contribution in [1.82, 2.24) is 9.80 Å². The van der Waals surface area contributed by atoms with E-state index in [1.807, 2.05) is 0 Å². The van der Waals surface area contributed by atoms with Crippen molar-refractivity contribution in [2.75, 3.05) is 39.3 Å². The van der Waals surface area contributed by atoms with Crippen LogP contribution in [0.25, 0.3) is 0 Å². The number of carbonyl (C=O) groups excluding carboxylic acids is 1. The van der Waals surface area contributed by atoms with Gasteiger partial charge in [0.25, 0.3) is 0 Å². The predicted octanol–water partition coefficient (Wildman–Crippen LogP) is 1.31. The van der Waals surface area contributed by atoms with Gasteiger partial charge in [-0.05, 0) is 63.1 Å². The second kappa shape index (κ2) is 5.64. The Morgan fingerprint density at radius 1 is 1.15 bits per heavy atom. The van der Waals surface area contributed by atoms with Gasteiger partial charge in [-0.2, -0.15) is 0 Å². The minimum absolute atomic E-state index is 0.102. The van der Waals surface area contributed by atoms with Gasteiger partial charge in [-0.1, -0.05) is 6.92 Å². The Labute approximate surface area is 122 Å². The first-order valence-corrected chi connectivity index (χ1v) is 8.28. The maximum atomic E-state index is 11.2. The fourth-order valence-electron chi connectivity index (χ4n) is 3.88. The Balaban J connectivity index is 1.38. The van der Waals surface area contributed by atoms with Gasteiger partial charge >= 0.3 is 0 Å². The predicted molar refractivity (Wildman–Crippen MR) is 80.2 cm³/mol. The van der Waals surface area contributed by atoms with Gasteiger partial charge in [0.15, 0.2) is 0 Å². The van der Waals surface area contributed by atoms with Gasteiger partial charge in [-0.3, -0.25) is 4.79 Å². The summed E-state index contributed by atoms with van der Waals surface area (Å²) in [7, 11) is 0. The largest absolute Gasteiger partial charge is 0.369 e. The van der Waals surface area contributed by atoms with Crippen molar-refractivity contribution in [2.45, 2.75) is 39.0 Å². The molecule has 3 aliphatic rings. The quantitative estimate of drug-likeness (QED) is 0.825. The number of hydrogen-bond acceptors (Lipinski definition) is 3. The van der Waals surface area contributed by atoms with E-state index in [9.17, 15) is 4.79 Å². The van der Waals surface area contributed by atoms with Gasteiger partial charge in [-0.15, -0.1) is 0 Å². The number of rotatable bonds is 5. The van der Waals surface area contributed by atoms with Crippen molar-refractivity contribution >= 4 is 5.91 Å². The molecular weight excluding hydrogens is 250 g/mol. The van der Waals surface area contributed by atoms with Crippen molar-refractivity contribution in [3.05, 3.63) is 0 Å². The first-order valence-electron chi connectivity index (χ1n) is 8.28. The van der Waals surface area contributed by atoms with E-state index in [1.165, 1.54) is 45.4 Å². The van der Waals surface area contributed by atoms with Gasteiger partial charge in [0, 0.05) is 25.6 Å². The van der Waals surface area contributed by atoms with E-state index in [0.717, 1.165) is 31.8 Å². The van der Waals surface area contributed by atoms with E-state index in [0.29, 0.717) is 5.41 Å². The second-order valence-electron chi connectivity index (χ2n) is 7.68. The lowest BCUT2D eigenvalue weighted by Gasteiger charge is -2.32. The minimum atomic E-state index is -0.102. The molecular formula is C16H29N3O. The lowest BCUT2D eigenvalue weighted by Crippen LogP contribution is -2.41. The van der Waals surface area contributed by atoms with E-state index < -0.39 is 0 Å². The number of carbonyl (C=O) groups is 1. The second-order valence-corrected chi connectivity index (χ2v) is 7.68. The smallest absolute Gasteiger partial charge is 0.220 e. The molecule has 2 N–H and O–H groups in total. The van der Waals surface area contributed by atoms with E-state index in [-0.39, 0.29) is 11.8 Å². The molecule has 0 spiro atoms. The van der Waals surface area contributed by atoms with Gasteiger partial charge in [0.05, 0.1) is 0 Å². The van der Waals surface area contributed by atoms with Gasteiger partial charge < -0.3 is 15.5 Å².